The molecule has 0 bridgehead atoms. The number of benzene rings is 2. The fourth-order valence-electron chi connectivity index (χ4n) is 4.81. The quantitative estimate of drug-likeness (QED) is 0.203. The standard InChI is InChI=1S/C31H39N5O3S.ClH/c1-5-7-10-15-32-29(38)19-35(20-30(39)34(4)36-17-24-11-8-9-12-25(24)18-36)27-16-23(14-13-22(27)3)31-33-26(21-40-31)28(37)6-2;/h8-9,11-14,16,21H,5-7,10,15,17-20H2,1-4H3,(H,32,38);1H. The van der Waals surface area contributed by atoms with Crippen molar-refractivity contribution in [3.05, 3.63) is 70.2 Å². The molecular formula is C31H40ClN5O3S. The number of halogens is 1. The van der Waals surface area contributed by atoms with Crippen molar-refractivity contribution >= 4 is 47.0 Å². The Bertz CT molecular complexity index is 1340. The average molecular weight is 598 g/mol. The molecule has 220 valence electrons. The van der Waals surface area contributed by atoms with E-state index in [4.69, 9.17) is 0 Å². The fraction of sp³-hybridized carbons (Fsp3) is 0.419. The van der Waals surface area contributed by atoms with Gasteiger partial charge in [-0.25, -0.2) is 9.99 Å². The number of carbonyl (C=O) groups is 3. The van der Waals surface area contributed by atoms with Gasteiger partial charge in [-0.2, -0.15) is 0 Å². The molecule has 8 nitrogen and oxygen atoms in total. The maximum Gasteiger partial charge on any atom is 0.256 e. The number of nitrogens with one attached hydrogen (secondary N) is 1. The first-order chi connectivity index (χ1) is 19.3. The van der Waals surface area contributed by atoms with Crippen molar-refractivity contribution in [2.45, 2.75) is 59.5 Å². The van der Waals surface area contributed by atoms with Crippen LogP contribution in [-0.2, 0) is 22.7 Å². The fourth-order valence-corrected chi connectivity index (χ4v) is 5.63. The first-order valence-electron chi connectivity index (χ1n) is 14.0. The number of aromatic nitrogens is 1. The highest BCUT2D eigenvalue weighted by molar-refractivity contribution is 7.13. The Morgan fingerprint density at radius 3 is 2.39 bits per heavy atom. The van der Waals surface area contributed by atoms with Crippen LogP contribution >= 0.6 is 23.7 Å². The Hall–Kier alpha value is -3.27. The highest BCUT2D eigenvalue weighted by atomic mass is 35.5. The number of aryl methyl sites for hydroxylation is 1. The number of unbranched alkanes of at least 4 members (excludes halogenated alkanes) is 2. The van der Waals surface area contributed by atoms with E-state index in [2.05, 4.69) is 29.4 Å². The third-order valence-electron chi connectivity index (χ3n) is 7.28. The van der Waals surface area contributed by atoms with E-state index in [1.54, 1.807) is 17.4 Å². The highest BCUT2D eigenvalue weighted by Crippen LogP contribution is 2.31. The summed E-state index contributed by atoms with van der Waals surface area (Å²) in [4.78, 5) is 45.1. The van der Waals surface area contributed by atoms with Crippen LogP contribution in [0.1, 0.15) is 66.7 Å². The second-order valence-corrected chi connectivity index (χ2v) is 11.1. The molecule has 10 heteroatoms. The van der Waals surface area contributed by atoms with Crippen molar-refractivity contribution in [3.63, 3.8) is 0 Å². The predicted molar refractivity (Wildman–Crippen MR) is 167 cm³/mol. The zero-order chi connectivity index (χ0) is 28.6. The number of hydrazine groups is 1. The van der Waals surface area contributed by atoms with Gasteiger partial charge in [0.1, 0.15) is 10.7 Å². The van der Waals surface area contributed by atoms with E-state index >= 15 is 0 Å². The lowest BCUT2D eigenvalue weighted by Gasteiger charge is -2.32. The van der Waals surface area contributed by atoms with Gasteiger partial charge < -0.3 is 10.2 Å². The van der Waals surface area contributed by atoms with Crippen molar-refractivity contribution in [3.8, 4) is 10.6 Å². The average Bonchev–Trinajstić information content (AvgIpc) is 3.62. The Balaban J connectivity index is 0.00000462. The molecule has 2 amide bonds. The summed E-state index contributed by atoms with van der Waals surface area (Å²) < 4.78 is 0. The van der Waals surface area contributed by atoms with Gasteiger partial charge in [-0.05, 0) is 36.1 Å². The number of hydrogen-bond acceptors (Lipinski definition) is 7. The second kappa shape index (κ2) is 15.1. The molecule has 2 aromatic carbocycles. The van der Waals surface area contributed by atoms with Crippen LogP contribution in [0.15, 0.2) is 47.8 Å². The van der Waals surface area contributed by atoms with E-state index in [1.165, 1.54) is 22.5 Å². The van der Waals surface area contributed by atoms with Gasteiger partial charge >= 0.3 is 0 Å². The van der Waals surface area contributed by atoms with E-state index < -0.39 is 0 Å². The van der Waals surface area contributed by atoms with Gasteiger partial charge in [0.25, 0.3) is 5.91 Å². The molecule has 3 aromatic rings. The minimum Gasteiger partial charge on any atom is -0.355 e. The van der Waals surface area contributed by atoms with Crippen molar-refractivity contribution in [2.75, 3.05) is 31.6 Å². The van der Waals surface area contributed by atoms with Crippen molar-refractivity contribution in [2.24, 2.45) is 0 Å². The van der Waals surface area contributed by atoms with Gasteiger partial charge in [0, 0.05) is 49.7 Å². The number of likely N-dealkylation sites (N-methyl/N-ethyl adjacent to an activating group) is 1. The van der Waals surface area contributed by atoms with E-state index in [0.29, 0.717) is 31.7 Å². The molecule has 0 radical (unpaired) electrons. The molecule has 0 unspecified atom stereocenters. The molecule has 4 rings (SSSR count). The van der Waals surface area contributed by atoms with Gasteiger partial charge in [0.15, 0.2) is 5.78 Å². The van der Waals surface area contributed by atoms with Crippen LogP contribution in [0, 0.1) is 6.92 Å². The Morgan fingerprint density at radius 2 is 1.73 bits per heavy atom. The summed E-state index contributed by atoms with van der Waals surface area (Å²) in [6, 6.07) is 14.1. The number of rotatable bonds is 13. The number of hydrogen-bond donors (Lipinski definition) is 1. The minimum absolute atomic E-state index is 0. The van der Waals surface area contributed by atoms with Gasteiger partial charge in [-0.1, -0.05) is 63.1 Å². The SMILES string of the molecule is CCCCCNC(=O)CN(CC(=O)N(C)N1Cc2ccccc2C1)c1cc(-c2nc(C(=O)CC)cs2)ccc1C.Cl. The molecule has 2 heterocycles. The summed E-state index contributed by atoms with van der Waals surface area (Å²) in [5.41, 5.74) is 5.51. The number of carbonyl (C=O) groups excluding carboxylic acids is 3. The van der Waals surface area contributed by atoms with Crippen LogP contribution in [0.5, 0.6) is 0 Å². The Morgan fingerprint density at radius 1 is 1.02 bits per heavy atom. The first kappa shape index (κ1) is 32.2. The summed E-state index contributed by atoms with van der Waals surface area (Å²) >= 11 is 1.42. The van der Waals surface area contributed by atoms with E-state index in [1.807, 2.05) is 54.1 Å². The summed E-state index contributed by atoms with van der Waals surface area (Å²) in [5.74, 6) is -0.203. The summed E-state index contributed by atoms with van der Waals surface area (Å²) in [6.45, 7) is 8.01. The third-order valence-corrected chi connectivity index (χ3v) is 8.17. The van der Waals surface area contributed by atoms with Gasteiger partial charge in [-0.15, -0.1) is 23.7 Å². The summed E-state index contributed by atoms with van der Waals surface area (Å²) in [6.07, 6.45) is 3.47. The smallest absolute Gasteiger partial charge is 0.256 e. The van der Waals surface area contributed by atoms with Crippen molar-refractivity contribution in [1.82, 2.24) is 20.3 Å². The molecule has 0 saturated carbocycles. The van der Waals surface area contributed by atoms with Crippen LogP contribution in [0.3, 0.4) is 0 Å². The van der Waals surface area contributed by atoms with Gasteiger partial charge in [-0.3, -0.25) is 19.4 Å². The summed E-state index contributed by atoms with van der Waals surface area (Å²) in [5, 5.41) is 9.24. The molecule has 1 aliphatic heterocycles. The Kier molecular flexibility index (Phi) is 11.9. The predicted octanol–water partition coefficient (Wildman–Crippen LogP) is 5.64. The molecule has 0 fully saturated rings. The number of thiazole rings is 1. The zero-order valence-corrected chi connectivity index (χ0v) is 25.9. The van der Waals surface area contributed by atoms with Crippen LogP contribution < -0.4 is 10.2 Å². The number of amides is 2. The molecule has 0 aliphatic carbocycles. The van der Waals surface area contributed by atoms with Crippen LogP contribution in [0.2, 0.25) is 0 Å². The minimum atomic E-state index is -0.116. The number of anilines is 1. The number of nitrogens with zero attached hydrogens (tertiary/aromatic N) is 4. The van der Waals surface area contributed by atoms with E-state index in [0.717, 1.165) is 41.1 Å². The number of fused-ring (bicyclic) bond motifs is 1. The monoisotopic (exact) mass is 597 g/mol. The largest absolute Gasteiger partial charge is 0.355 e. The molecule has 1 N–H and O–H groups in total. The first-order valence-corrected chi connectivity index (χ1v) is 14.9. The normalized spacial score (nSPS) is 12.4. The molecular weight excluding hydrogens is 558 g/mol. The topological polar surface area (TPSA) is 85.8 Å². The lowest BCUT2D eigenvalue weighted by molar-refractivity contribution is -0.145. The third kappa shape index (κ3) is 8.15. The maximum absolute atomic E-state index is 13.6. The molecule has 1 aliphatic rings. The second-order valence-electron chi connectivity index (χ2n) is 10.2. The molecule has 0 atom stereocenters. The molecule has 1 aromatic heterocycles. The highest BCUT2D eigenvalue weighted by Gasteiger charge is 2.27. The van der Waals surface area contributed by atoms with E-state index in [-0.39, 0.29) is 43.1 Å². The van der Waals surface area contributed by atoms with Crippen LogP contribution in [0.25, 0.3) is 10.6 Å². The van der Waals surface area contributed by atoms with Crippen molar-refractivity contribution < 1.29 is 14.4 Å². The number of ketones is 1. The van der Waals surface area contributed by atoms with Crippen LogP contribution in [0.4, 0.5) is 5.69 Å². The summed E-state index contributed by atoms with van der Waals surface area (Å²) in [7, 11) is 1.79. The zero-order valence-electron chi connectivity index (χ0n) is 24.3. The maximum atomic E-state index is 13.6. The molecule has 41 heavy (non-hydrogen) atoms. The lowest BCUT2D eigenvalue weighted by atomic mass is 10.1. The lowest BCUT2D eigenvalue weighted by Crippen LogP contribution is -2.48. The number of Topliss-reactive ketones (excluding diaryl/α,β-unsaturated/α-hetero) is 1. The Labute approximate surface area is 253 Å². The van der Waals surface area contributed by atoms with Gasteiger partial charge in [0.05, 0.1) is 13.1 Å². The molecule has 0 spiro atoms. The molecule has 0 saturated heterocycles. The van der Waals surface area contributed by atoms with Crippen molar-refractivity contribution in [1.29, 1.82) is 0 Å². The van der Waals surface area contributed by atoms with E-state index in [9.17, 15) is 14.4 Å². The van der Waals surface area contributed by atoms with Gasteiger partial charge in [0.2, 0.25) is 5.91 Å². The van der Waals surface area contributed by atoms with Crippen LogP contribution in [-0.4, -0.2) is 59.3 Å².